The van der Waals surface area contributed by atoms with Crippen LogP contribution in [-0.4, -0.2) is 34.0 Å². The Balaban J connectivity index is 1.61. The summed E-state index contributed by atoms with van der Waals surface area (Å²) in [5.41, 5.74) is 4.79. The third-order valence-electron chi connectivity index (χ3n) is 7.03. The van der Waals surface area contributed by atoms with Gasteiger partial charge < -0.3 is 14.9 Å². The quantitative estimate of drug-likeness (QED) is 0.0435. The normalized spacial score (nSPS) is 12.2. The lowest BCUT2D eigenvalue weighted by Crippen LogP contribution is -2.23. The van der Waals surface area contributed by atoms with Crippen LogP contribution in [0.25, 0.3) is 22.3 Å². The van der Waals surface area contributed by atoms with Gasteiger partial charge in [-0.1, -0.05) is 97.1 Å². The van der Waals surface area contributed by atoms with Crippen LogP contribution in [0.2, 0.25) is 0 Å². The summed E-state index contributed by atoms with van der Waals surface area (Å²) in [7, 11) is -4.45. The van der Waals surface area contributed by atoms with Crippen LogP contribution in [0.15, 0.2) is 146 Å². The lowest BCUT2D eigenvalue weighted by molar-refractivity contribution is -0.0298. The highest BCUT2D eigenvalue weighted by Crippen LogP contribution is 2.39. The monoisotopic (exact) mass is 653 g/mol. The molecule has 7 nitrogen and oxygen atoms in total. The second kappa shape index (κ2) is 16.0. The van der Waals surface area contributed by atoms with Crippen LogP contribution < -0.4 is 9.83 Å². The number of nitrogens with zero attached hydrogens (tertiary/aromatic N) is 1. The summed E-state index contributed by atoms with van der Waals surface area (Å²) < 4.78 is 39.0. The van der Waals surface area contributed by atoms with E-state index in [4.69, 9.17) is 9.26 Å². The predicted octanol–water partition coefficient (Wildman–Crippen LogP) is 9.02. The van der Waals surface area contributed by atoms with Crippen LogP contribution in [0.4, 0.5) is 0 Å². The Hall–Kier alpha value is -4.80. The summed E-state index contributed by atoms with van der Waals surface area (Å²) in [5, 5.41) is 21.0. The summed E-state index contributed by atoms with van der Waals surface area (Å²) >= 11 is 0. The maximum atomic E-state index is 14.0. The van der Waals surface area contributed by atoms with E-state index < -0.39 is 22.1 Å². The van der Waals surface area contributed by atoms with Crippen LogP contribution in [0, 0.1) is 6.92 Å². The molecule has 0 heterocycles. The van der Waals surface area contributed by atoms with Crippen molar-refractivity contribution >= 4 is 21.1 Å². The molecule has 46 heavy (non-hydrogen) atoms. The van der Waals surface area contributed by atoms with Gasteiger partial charge in [0.05, 0.1) is 0 Å². The number of aryl methyl sites for hydroxylation is 1. The maximum absolute atomic E-state index is 14.0. The average molecular weight is 654 g/mol. The van der Waals surface area contributed by atoms with Gasteiger partial charge >= 0.3 is 15.8 Å². The molecule has 0 amide bonds. The van der Waals surface area contributed by atoms with Gasteiger partial charge in [-0.25, -0.2) is 0 Å². The Kier molecular flexibility index (Phi) is 11.8. The zero-order chi connectivity index (χ0) is 33.2. The van der Waals surface area contributed by atoms with E-state index in [0.717, 1.165) is 16.7 Å². The third kappa shape index (κ3) is 8.89. The number of allylic oxidation sites excluding steroid dienone is 2. The van der Waals surface area contributed by atoms with E-state index >= 15 is 0 Å². The Bertz CT molecular complexity index is 1820. The number of phenolic OH excluding ortho intramolecular Hbond substituents is 1. The van der Waals surface area contributed by atoms with Gasteiger partial charge in [-0.3, -0.25) is 9.42 Å². The number of aliphatic hydroxyl groups is 1. The molecule has 0 aromatic heterocycles. The number of aliphatic hydroxyl groups excluding tert-OH is 1. The summed E-state index contributed by atoms with van der Waals surface area (Å²) in [6, 6.07) is 29.3. The molecule has 0 aliphatic rings. The van der Waals surface area contributed by atoms with Crippen LogP contribution in [0.3, 0.4) is 0 Å². The smallest absolute Gasteiger partial charge is 0.507 e. The standard InChI is InChI=1S/C37H36NO6P2/c1-26(2)37(40)43-29(5)23-22-28(4)38(24-45(41)36-21-13-10-18-33(36)31-16-8-11-19-34(31)39)25-46(42)44-35-20-12-9-17-32(35)30-15-7-6-14-27(30)3/h6-23,37,40H,1,4-5,24-25H2,2-3H3/q+1/p+1. The fourth-order valence-corrected chi connectivity index (χ4v) is 7.19. The van der Waals surface area contributed by atoms with Gasteiger partial charge in [0, 0.05) is 22.4 Å². The number of rotatable bonds is 15. The molecule has 4 rings (SSSR count). The van der Waals surface area contributed by atoms with Crippen molar-refractivity contribution in [3.05, 3.63) is 152 Å². The molecule has 3 atom stereocenters. The van der Waals surface area contributed by atoms with Crippen LogP contribution in [-0.2, 0) is 13.9 Å². The van der Waals surface area contributed by atoms with E-state index in [9.17, 15) is 19.3 Å². The van der Waals surface area contributed by atoms with Crippen molar-refractivity contribution in [1.82, 2.24) is 4.90 Å². The number of ether oxygens (including phenoxy) is 1. The minimum Gasteiger partial charge on any atom is -0.507 e. The fourth-order valence-electron chi connectivity index (χ4n) is 4.58. The first-order chi connectivity index (χ1) is 22.0. The number of phenols is 1. The number of para-hydroxylation sites is 2. The third-order valence-corrected chi connectivity index (χ3v) is 9.53. The molecule has 4 aromatic carbocycles. The molecule has 0 aliphatic carbocycles. The van der Waals surface area contributed by atoms with Crippen LogP contribution >= 0.6 is 15.8 Å². The van der Waals surface area contributed by atoms with E-state index in [1.165, 1.54) is 6.08 Å². The number of hydrogen-bond acceptors (Lipinski definition) is 7. The molecule has 2 N–H and O–H groups in total. The zero-order valence-corrected chi connectivity index (χ0v) is 27.7. The zero-order valence-electron chi connectivity index (χ0n) is 25.9. The van der Waals surface area contributed by atoms with E-state index in [2.05, 4.69) is 19.7 Å². The molecule has 0 bridgehead atoms. The van der Waals surface area contributed by atoms with Gasteiger partial charge in [0.2, 0.25) is 12.6 Å². The molecule has 0 saturated carbocycles. The summed E-state index contributed by atoms with van der Waals surface area (Å²) in [5.74, 6) is 0.685. The van der Waals surface area contributed by atoms with Gasteiger partial charge in [-0.05, 0) is 71.5 Å². The van der Waals surface area contributed by atoms with Gasteiger partial charge in [0.15, 0.2) is 11.1 Å². The maximum Gasteiger partial charge on any atom is 0.578 e. The van der Waals surface area contributed by atoms with Gasteiger partial charge in [0.1, 0.15) is 11.5 Å². The Morgan fingerprint density at radius 3 is 2.07 bits per heavy atom. The first-order valence-electron chi connectivity index (χ1n) is 14.5. The van der Waals surface area contributed by atoms with Crippen molar-refractivity contribution in [3.8, 4) is 33.8 Å². The molecule has 9 heteroatoms. The van der Waals surface area contributed by atoms with Crippen LogP contribution in [0.5, 0.6) is 11.5 Å². The van der Waals surface area contributed by atoms with Crippen molar-refractivity contribution in [2.24, 2.45) is 0 Å². The van der Waals surface area contributed by atoms with Crippen molar-refractivity contribution in [3.63, 3.8) is 0 Å². The van der Waals surface area contributed by atoms with Crippen molar-refractivity contribution in [2.45, 2.75) is 20.1 Å². The van der Waals surface area contributed by atoms with Crippen molar-refractivity contribution < 1.29 is 28.6 Å². The highest BCUT2D eigenvalue weighted by Gasteiger charge is 2.34. The summed E-state index contributed by atoms with van der Waals surface area (Å²) in [4.78, 5) is 1.62. The van der Waals surface area contributed by atoms with E-state index in [1.807, 2.05) is 55.5 Å². The first kappa shape index (κ1) is 34.1. The number of hydrogen-bond donors (Lipinski definition) is 2. The average Bonchev–Trinajstić information content (AvgIpc) is 3.04. The molecule has 0 saturated heterocycles. The van der Waals surface area contributed by atoms with Crippen molar-refractivity contribution in [2.75, 3.05) is 12.6 Å². The molecule has 0 spiro atoms. The summed E-state index contributed by atoms with van der Waals surface area (Å²) in [6.45, 7) is 15.2. The van der Waals surface area contributed by atoms with E-state index in [0.29, 0.717) is 33.5 Å². The molecule has 3 unspecified atom stereocenters. The lowest BCUT2D eigenvalue weighted by Gasteiger charge is -2.16. The molecule has 0 radical (unpaired) electrons. The number of aromatic hydroxyl groups is 1. The second-order valence-electron chi connectivity index (χ2n) is 10.6. The fraction of sp³-hybridized carbons (Fsp3) is 0.135. The van der Waals surface area contributed by atoms with E-state index in [-0.39, 0.29) is 24.1 Å². The lowest BCUT2D eigenvalue weighted by atomic mass is 10.00. The largest absolute Gasteiger partial charge is 0.578 e. The minimum absolute atomic E-state index is 0.0469. The number of benzene rings is 4. The SMILES string of the molecule is C=C(C=CC(=C)N(C[P+](=O)Oc1ccccc1-c1ccccc1C)C[P+](=O)c1ccccc1-c1ccccc1O)OC(O)C(=C)C. The van der Waals surface area contributed by atoms with Crippen LogP contribution in [0.1, 0.15) is 12.5 Å². The second-order valence-corrected chi connectivity index (χ2v) is 13.2. The van der Waals surface area contributed by atoms with Crippen molar-refractivity contribution in [1.29, 1.82) is 0 Å². The Morgan fingerprint density at radius 2 is 1.39 bits per heavy atom. The molecule has 4 aromatic rings. The predicted molar refractivity (Wildman–Crippen MR) is 187 cm³/mol. The van der Waals surface area contributed by atoms with Gasteiger partial charge in [-0.2, -0.15) is 0 Å². The highest BCUT2D eigenvalue weighted by atomic mass is 31.1. The van der Waals surface area contributed by atoms with Gasteiger partial charge in [-0.15, -0.1) is 0 Å². The highest BCUT2D eigenvalue weighted by molar-refractivity contribution is 7.53. The molecule has 0 aliphatic heterocycles. The molecular weight excluding hydrogens is 616 g/mol. The first-order valence-corrected chi connectivity index (χ1v) is 17.3. The van der Waals surface area contributed by atoms with Gasteiger partial charge in [0.25, 0.3) is 6.29 Å². The molecule has 234 valence electrons. The Morgan fingerprint density at radius 1 is 0.804 bits per heavy atom. The molecular formula is C37H37NO6P2+2. The topological polar surface area (TPSA) is 96.3 Å². The minimum atomic E-state index is -2.34. The summed E-state index contributed by atoms with van der Waals surface area (Å²) in [6.07, 6.45) is 1.69. The molecule has 0 fully saturated rings. The van der Waals surface area contributed by atoms with E-state index in [1.54, 1.807) is 66.4 Å². The Labute approximate surface area is 272 Å².